The van der Waals surface area contributed by atoms with Gasteiger partial charge >= 0.3 is 5.97 Å². The second-order valence-corrected chi connectivity index (χ2v) is 6.16. The molecular weight excluding hydrogens is 358 g/mol. The Morgan fingerprint density at radius 3 is 2.21 bits per heavy atom. The lowest BCUT2D eigenvalue weighted by Gasteiger charge is -2.15. The Kier molecular flexibility index (Phi) is 5.79. The third-order valence-corrected chi connectivity index (χ3v) is 4.29. The Morgan fingerprint density at radius 1 is 0.893 bits per heavy atom. The maximum atomic E-state index is 12.5. The molecule has 0 aromatic heterocycles. The van der Waals surface area contributed by atoms with Crippen molar-refractivity contribution in [2.75, 3.05) is 19.5 Å². The molecule has 0 saturated heterocycles. The first-order chi connectivity index (χ1) is 13.5. The van der Waals surface area contributed by atoms with Crippen molar-refractivity contribution in [3.63, 3.8) is 0 Å². The van der Waals surface area contributed by atoms with E-state index >= 15 is 0 Å². The van der Waals surface area contributed by atoms with Gasteiger partial charge in [-0.2, -0.15) is 0 Å². The van der Waals surface area contributed by atoms with Crippen molar-refractivity contribution in [3.8, 4) is 11.5 Å². The molecule has 6 nitrogen and oxygen atoms in total. The summed E-state index contributed by atoms with van der Waals surface area (Å²) in [6.07, 6.45) is -0.983. The predicted octanol–water partition coefficient (Wildman–Crippen LogP) is 4.04. The van der Waals surface area contributed by atoms with E-state index in [9.17, 15) is 9.59 Å². The fourth-order valence-corrected chi connectivity index (χ4v) is 2.78. The molecule has 0 unspecified atom stereocenters. The van der Waals surface area contributed by atoms with Crippen LogP contribution in [0.15, 0.2) is 60.7 Å². The van der Waals surface area contributed by atoms with Crippen LogP contribution < -0.4 is 14.8 Å². The summed E-state index contributed by atoms with van der Waals surface area (Å²) in [7, 11) is 2.98. The molecule has 0 heterocycles. The van der Waals surface area contributed by atoms with Crippen LogP contribution in [0.25, 0.3) is 10.8 Å². The number of benzene rings is 3. The van der Waals surface area contributed by atoms with E-state index in [-0.39, 0.29) is 5.56 Å². The highest BCUT2D eigenvalue weighted by atomic mass is 16.5. The largest absolute Gasteiger partial charge is 0.497 e. The first-order valence-corrected chi connectivity index (χ1v) is 8.74. The zero-order valence-electron chi connectivity index (χ0n) is 15.9. The van der Waals surface area contributed by atoms with E-state index in [1.54, 1.807) is 6.07 Å². The van der Waals surface area contributed by atoms with Crippen molar-refractivity contribution in [2.45, 2.75) is 13.0 Å². The number of hydrogen-bond acceptors (Lipinski definition) is 5. The Labute approximate surface area is 163 Å². The van der Waals surface area contributed by atoms with Crippen LogP contribution in [0.5, 0.6) is 11.5 Å². The van der Waals surface area contributed by atoms with Gasteiger partial charge in [0.25, 0.3) is 5.91 Å². The van der Waals surface area contributed by atoms with Crippen molar-refractivity contribution in [1.82, 2.24) is 0 Å². The Hall–Kier alpha value is -3.54. The lowest BCUT2D eigenvalue weighted by Crippen LogP contribution is -2.30. The van der Waals surface area contributed by atoms with E-state index in [0.29, 0.717) is 17.2 Å². The predicted molar refractivity (Wildman–Crippen MR) is 107 cm³/mol. The van der Waals surface area contributed by atoms with Crippen molar-refractivity contribution in [1.29, 1.82) is 0 Å². The van der Waals surface area contributed by atoms with Gasteiger partial charge in [-0.1, -0.05) is 36.4 Å². The number of nitrogens with one attached hydrogen (secondary N) is 1. The fourth-order valence-electron chi connectivity index (χ4n) is 2.78. The molecule has 0 spiro atoms. The monoisotopic (exact) mass is 379 g/mol. The van der Waals surface area contributed by atoms with Crippen LogP contribution in [0.1, 0.15) is 17.3 Å². The molecule has 3 rings (SSSR count). The van der Waals surface area contributed by atoms with Gasteiger partial charge in [-0.05, 0) is 30.5 Å². The number of carbonyl (C=O) groups excluding carboxylic acids is 2. The van der Waals surface area contributed by atoms with Crippen LogP contribution in [0.2, 0.25) is 0 Å². The number of fused-ring (bicyclic) bond motifs is 1. The lowest BCUT2D eigenvalue weighted by molar-refractivity contribution is -0.123. The Morgan fingerprint density at radius 2 is 1.54 bits per heavy atom. The zero-order valence-corrected chi connectivity index (χ0v) is 15.9. The standard InChI is InChI=1S/C22H21NO5/c1-14(28-22(25)16-11-17(26-2)13-18(12-16)27-3)21(24)23-20-10-6-8-15-7-4-5-9-19(15)20/h4-14H,1-3H3,(H,23,24)/t14-/m0/s1. The van der Waals surface area contributed by atoms with Crippen molar-refractivity contribution >= 4 is 28.3 Å². The fraction of sp³-hybridized carbons (Fsp3) is 0.182. The number of esters is 1. The van der Waals surface area contributed by atoms with Gasteiger partial charge in [0.2, 0.25) is 0 Å². The molecule has 0 bridgehead atoms. The van der Waals surface area contributed by atoms with Gasteiger partial charge in [0.15, 0.2) is 6.10 Å². The molecule has 0 saturated carbocycles. The first-order valence-electron chi connectivity index (χ1n) is 8.74. The number of ether oxygens (including phenoxy) is 3. The third kappa shape index (κ3) is 4.23. The minimum atomic E-state index is -0.983. The van der Waals surface area contributed by atoms with Gasteiger partial charge in [0.05, 0.1) is 19.8 Å². The number of carbonyl (C=O) groups is 2. The smallest absolute Gasteiger partial charge is 0.339 e. The molecule has 1 N–H and O–H groups in total. The molecule has 0 aliphatic carbocycles. The van der Waals surface area contributed by atoms with Gasteiger partial charge < -0.3 is 19.5 Å². The van der Waals surface area contributed by atoms with Crippen molar-refractivity contribution in [3.05, 3.63) is 66.2 Å². The zero-order chi connectivity index (χ0) is 20.1. The molecule has 0 fully saturated rings. The van der Waals surface area contributed by atoms with Crippen LogP contribution in [0.3, 0.4) is 0 Å². The topological polar surface area (TPSA) is 73.9 Å². The average Bonchev–Trinajstić information content (AvgIpc) is 2.73. The van der Waals surface area contributed by atoms with Gasteiger partial charge in [-0.25, -0.2) is 4.79 Å². The summed E-state index contributed by atoms with van der Waals surface area (Å²) in [5.74, 6) is -0.143. The number of anilines is 1. The molecule has 144 valence electrons. The summed E-state index contributed by atoms with van der Waals surface area (Å²) >= 11 is 0. The summed E-state index contributed by atoms with van der Waals surface area (Å²) in [6.45, 7) is 1.52. The third-order valence-electron chi connectivity index (χ3n) is 4.29. The lowest BCUT2D eigenvalue weighted by atomic mass is 10.1. The Balaban J connectivity index is 1.73. The van der Waals surface area contributed by atoms with E-state index in [2.05, 4.69) is 5.32 Å². The summed E-state index contributed by atoms with van der Waals surface area (Å²) in [5.41, 5.74) is 0.898. The molecule has 0 aliphatic rings. The highest BCUT2D eigenvalue weighted by Crippen LogP contribution is 2.25. The summed E-state index contributed by atoms with van der Waals surface area (Å²) in [6, 6.07) is 18.0. The maximum Gasteiger partial charge on any atom is 0.339 e. The Bertz CT molecular complexity index is 987. The van der Waals surface area contributed by atoms with E-state index in [1.165, 1.54) is 33.3 Å². The summed E-state index contributed by atoms with van der Waals surface area (Å²) in [4.78, 5) is 25.0. The van der Waals surface area contributed by atoms with Crippen LogP contribution in [-0.4, -0.2) is 32.2 Å². The van der Waals surface area contributed by atoms with Crippen LogP contribution in [0.4, 0.5) is 5.69 Å². The van der Waals surface area contributed by atoms with E-state index < -0.39 is 18.0 Å². The van der Waals surface area contributed by atoms with Gasteiger partial charge in [-0.15, -0.1) is 0 Å². The summed E-state index contributed by atoms with van der Waals surface area (Å²) < 4.78 is 15.6. The van der Waals surface area contributed by atoms with Crippen LogP contribution in [-0.2, 0) is 9.53 Å². The van der Waals surface area contributed by atoms with E-state index in [0.717, 1.165) is 10.8 Å². The number of hydrogen-bond donors (Lipinski definition) is 1. The second-order valence-electron chi connectivity index (χ2n) is 6.16. The van der Waals surface area contributed by atoms with Crippen molar-refractivity contribution < 1.29 is 23.8 Å². The molecule has 1 atom stereocenters. The molecular formula is C22H21NO5. The van der Waals surface area contributed by atoms with Gasteiger partial charge in [0, 0.05) is 17.1 Å². The van der Waals surface area contributed by atoms with E-state index in [1.807, 2.05) is 42.5 Å². The minimum Gasteiger partial charge on any atom is -0.497 e. The molecule has 0 radical (unpaired) electrons. The number of amides is 1. The number of rotatable bonds is 6. The normalized spacial score (nSPS) is 11.5. The SMILES string of the molecule is COc1cc(OC)cc(C(=O)O[C@@H](C)C(=O)Nc2cccc3ccccc23)c1. The van der Waals surface area contributed by atoms with E-state index in [4.69, 9.17) is 14.2 Å². The van der Waals surface area contributed by atoms with Crippen molar-refractivity contribution in [2.24, 2.45) is 0 Å². The first kappa shape index (κ1) is 19.2. The number of methoxy groups -OCH3 is 2. The van der Waals surface area contributed by atoms with Crippen LogP contribution >= 0.6 is 0 Å². The highest BCUT2D eigenvalue weighted by molar-refractivity contribution is 6.04. The van der Waals surface area contributed by atoms with Gasteiger partial charge in [-0.3, -0.25) is 4.79 Å². The van der Waals surface area contributed by atoms with Crippen LogP contribution in [0, 0.1) is 0 Å². The van der Waals surface area contributed by atoms with Gasteiger partial charge in [0.1, 0.15) is 11.5 Å². The highest BCUT2D eigenvalue weighted by Gasteiger charge is 2.20. The molecule has 3 aromatic rings. The molecule has 1 amide bonds. The molecule has 0 aliphatic heterocycles. The maximum absolute atomic E-state index is 12.5. The molecule has 28 heavy (non-hydrogen) atoms. The quantitative estimate of drug-likeness (QED) is 0.654. The minimum absolute atomic E-state index is 0.237. The molecule has 3 aromatic carbocycles. The summed E-state index contributed by atoms with van der Waals surface area (Å²) in [5, 5.41) is 4.74. The average molecular weight is 379 g/mol. The second kappa shape index (κ2) is 8.43. The molecule has 6 heteroatoms.